The van der Waals surface area contributed by atoms with Crippen molar-refractivity contribution in [1.82, 2.24) is 15.2 Å². The molecule has 1 fully saturated rings. The fraction of sp³-hybridized carbons (Fsp3) is 0.375. The van der Waals surface area contributed by atoms with Gasteiger partial charge in [0.1, 0.15) is 34.9 Å². The molecule has 0 saturated carbocycles. The van der Waals surface area contributed by atoms with E-state index in [9.17, 15) is 37.5 Å². The molecule has 0 radical (unpaired) electrons. The number of ketones is 1. The van der Waals surface area contributed by atoms with Crippen LogP contribution in [0.3, 0.4) is 0 Å². The maximum atomic E-state index is 12.8. The van der Waals surface area contributed by atoms with Crippen LogP contribution >= 0.6 is 23.1 Å². The molecule has 2 amide bonds. The van der Waals surface area contributed by atoms with Crippen molar-refractivity contribution in [1.29, 1.82) is 0 Å². The number of carboxylic acid groups (broad SMARTS) is 1. The number of hydrogen-bond donors (Lipinski definition) is 3. The number of oxime groups is 1. The van der Waals surface area contributed by atoms with Crippen LogP contribution in [0, 0.1) is 0 Å². The lowest BCUT2D eigenvalue weighted by Gasteiger charge is -2.49. The van der Waals surface area contributed by atoms with Gasteiger partial charge in [0, 0.05) is 5.25 Å². The number of thioether (sulfide) groups is 1. The molecular formula is C16H14F3N5O6S2. The first-order chi connectivity index (χ1) is 14.9. The van der Waals surface area contributed by atoms with Gasteiger partial charge in [0.05, 0.1) is 0 Å². The predicted octanol–water partition coefficient (Wildman–Crippen LogP) is 0.578. The highest BCUT2D eigenvalue weighted by molar-refractivity contribution is 8.00. The number of carboxylic acids is 1. The number of aliphatic carboxylic acids is 1. The molecule has 172 valence electrons. The van der Waals surface area contributed by atoms with Crippen LogP contribution in [0.5, 0.6) is 0 Å². The molecule has 11 nitrogen and oxygen atoms in total. The Hall–Kier alpha value is -3.14. The Kier molecular flexibility index (Phi) is 6.19. The number of amides is 2. The van der Waals surface area contributed by atoms with E-state index in [0.717, 1.165) is 12.0 Å². The molecular weight excluding hydrogens is 479 g/mol. The SMILES string of the molecule is CON=C(C(=O)NC1C(=O)N2C(C(=O)O)=CC(C)S[C@H]12)c1nc(C(=O)C(F)(F)F)sc1N. The standard InChI is InChI=1S/C16H14F3N5O6S2/c1-4-3-5(15(28)29)24-13(27)8(14(24)31-4)21-11(26)7(23-30-2)6-10(20)32-12(22-6)9(25)16(17,18)19/h3-4,8,14H,20H2,1-2H3,(H,21,26)(H,28,29)/t4?,8?,14-/m1/s1. The zero-order chi connectivity index (χ0) is 24.0. The second-order valence-electron chi connectivity index (χ2n) is 6.43. The number of rotatable bonds is 6. The zero-order valence-corrected chi connectivity index (χ0v) is 17.8. The quantitative estimate of drug-likeness (QED) is 0.222. The number of nitrogens with one attached hydrogen (secondary N) is 1. The molecule has 2 aliphatic heterocycles. The normalized spacial score (nSPS) is 23.1. The molecule has 4 N–H and O–H groups in total. The van der Waals surface area contributed by atoms with Gasteiger partial charge in [-0.05, 0) is 13.0 Å². The van der Waals surface area contributed by atoms with Gasteiger partial charge < -0.3 is 21.0 Å². The van der Waals surface area contributed by atoms with Crippen LogP contribution in [0.15, 0.2) is 16.9 Å². The van der Waals surface area contributed by atoms with E-state index in [-0.39, 0.29) is 22.3 Å². The number of anilines is 1. The second kappa shape index (κ2) is 8.42. The first-order valence-corrected chi connectivity index (χ1v) is 10.4. The number of fused-ring (bicyclic) bond motifs is 1. The van der Waals surface area contributed by atoms with Crippen LogP contribution in [-0.2, 0) is 19.2 Å². The summed E-state index contributed by atoms with van der Waals surface area (Å²) in [7, 11) is 1.05. The Bertz CT molecular complexity index is 1070. The summed E-state index contributed by atoms with van der Waals surface area (Å²) in [5.41, 5.74) is 4.24. The number of thiazole rings is 1. The van der Waals surface area contributed by atoms with Crippen molar-refractivity contribution in [2.75, 3.05) is 12.8 Å². The van der Waals surface area contributed by atoms with Gasteiger partial charge in [0.2, 0.25) is 0 Å². The van der Waals surface area contributed by atoms with Crippen LogP contribution in [-0.4, -0.2) is 74.2 Å². The summed E-state index contributed by atoms with van der Waals surface area (Å²) in [6, 6.07) is -1.14. The van der Waals surface area contributed by atoms with Crippen LogP contribution in [0.2, 0.25) is 0 Å². The molecule has 2 unspecified atom stereocenters. The highest BCUT2D eigenvalue weighted by Crippen LogP contribution is 2.40. The molecule has 0 spiro atoms. The molecule has 0 aromatic carbocycles. The van der Waals surface area contributed by atoms with E-state index in [1.54, 1.807) is 6.92 Å². The number of alkyl halides is 3. The Balaban J connectivity index is 1.84. The van der Waals surface area contributed by atoms with Crippen molar-refractivity contribution in [3.8, 4) is 0 Å². The van der Waals surface area contributed by atoms with E-state index < -0.39 is 62.6 Å². The van der Waals surface area contributed by atoms with Gasteiger partial charge >= 0.3 is 12.1 Å². The number of nitrogens with two attached hydrogens (primary N) is 1. The molecule has 32 heavy (non-hydrogen) atoms. The van der Waals surface area contributed by atoms with E-state index in [1.165, 1.54) is 17.8 Å². The Morgan fingerprint density at radius 1 is 1.38 bits per heavy atom. The summed E-state index contributed by atoms with van der Waals surface area (Å²) in [4.78, 5) is 57.1. The van der Waals surface area contributed by atoms with Crippen molar-refractivity contribution in [2.45, 2.75) is 29.8 Å². The van der Waals surface area contributed by atoms with Gasteiger partial charge in [-0.15, -0.1) is 11.8 Å². The van der Waals surface area contributed by atoms with Crippen molar-refractivity contribution in [2.24, 2.45) is 5.16 Å². The lowest BCUT2D eigenvalue weighted by atomic mass is 10.0. The summed E-state index contributed by atoms with van der Waals surface area (Å²) in [6.45, 7) is 1.71. The van der Waals surface area contributed by atoms with Gasteiger partial charge in [0.25, 0.3) is 17.6 Å². The fourth-order valence-electron chi connectivity index (χ4n) is 2.94. The number of nitrogen functional groups attached to an aromatic ring is 1. The van der Waals surface area contributed by atoms with Crippen molar-refractivity contribution in [3.63, 3.8) is 0 Å². The highest BCUT2D eigenvalue weighted by Gasteiger charge is 2.54. The molecule has 16 heteroatoms. The number of nitrogens with zero attached hydrogens (tertiary/aromatic N) is 3. The van der Waals surface area contributed by atoms with Crippen LogP contribution in [0.1, 0.15) is 22.4 Å². The van der Waals surface area contributed by atoms with Crippen LogP contribution in [0.4, 0.5) is 18.2 Å². The maximum Gasteiger partial charge on any atom is 0.457 e. The van der Waals surface area contributed by atoms with E-state index in [0.29, 0.717) is 0 Å². The average Bonchev–Trinajstić information content (AvgIpc) is 3.08. The summed E-state index contributed by atoms with van der Waals surface area (Å²) in [5, 5.41) is 12.7. The molecule has 3 rings (SSSR count). The van der Waals surface area contributed by atoms with E-state index in [1.807, 2.05) is 0 Å². The van der Waals surface area contributed by atoms with E-state index >= 15 is 0 Å². The number of hydrogen-bond acceptors (Lipinski definition) is 10. The Labute approximate surface area is 185 Å². The summed E-state index contributed by atoms with van der Waals surface area (Å²) < 4.78 is 38.0. The smallest absolute Gasteiger partial charge is 0.457 e. The Morgan fingerprint density at radius 3 is 2.59 bits per heavy atom. The average molecular weight is 493 g/mol. The monoisotopic (exact) mass is 493 g/mol. The summed E-state index contributed by atoms with van der Waals surface area (Å²) in [6.07, 6.45) is -3.80. The predicted molar refractivity (Wildman–Crippen MR) is 106 cm³/mol. The largest absolute Gasteiger partial charge is 0.477 e. The van der Waals surface area contributed by atoms with Crippen molar-refractivity contribution >= 4 is 57.4 Å². The van der Waals surface area contributed by atoms with E-state index in [2.05, 4.69) is 20.3 Å². The van der Waals surface area contributed by atoms with Crippen molar-refractivity contribution < 1.29 is 42.3 Å². The highest BCUT2D eigenvalue weighted by atomic mass is 32.2. The third-order valence-electron chi connectivity index (χ3n) is 4.28. The third-order valence-corrected chi connectivity index (χ3v) is 6.49. The molecule has 0 aliphatic carbocycles. The van der Waals surface area contributed by atoms with Gasteiger partial charge in [-0.2, -0.15) is 13.2 Å². The zero-order valence-electron chi connectivity index (χ0n) is 16.2. The molecule has 0 bridgehead atoms. The van der Waals surface area contributed by atoms with Crippen LogP contribution in [0.25, 0.3) is 0 Å². The molecule has 2 aliphatic rings. The number of Topliss-reactive ketones (excluding diaryl/α,β-unsaturated/α-hetero) is 1. The first kappa shape index (κ1) is 23.5. The molecule has 1 saturated heterocycles. The number of carbonyl (C=O) groups is 4. The summed E-state index contributed by atoms with van der Waals surface area (Å²) in [5.74, 6) is -5.32. The minimum atomic E-state index is -5.20. The lowest BCUT2D eigenvalue weighted by molar-refractivity contribution is -0.150. The summed E-state index contributed by atoms with van der Waals surface area (Å²) >= 11 is 1.43. The maximum absolute atomic E-state index is 12.8. The number of carbonyl (C=O) groups excluding carboxylic acids is 3. The van der Waals surface area contributed by atoms with Gasteiger partial charge in [-0.1, -0.05) is 16.5 Å². The minimum absolute atomic E-state index is 0.211. The van der Waals surface area contributed by atoms with Gasteiger partial charge in [-0.3, -0.25) is 19.3 Å². The van der Waals surface area contributed by atoms with E-state index in [4.69, 9.17) is 5.73 Å². The minimum Gasteiger partial charge on any atom is -0.477 e. The van der Waals surface area contributed by atoms with Crippen molar-refractivity contribution in [3.05, 3.63) is 22.5 Å². The van der Waals surface area contributed by atoms with Gasteiger partial charge in [-0.25, -0.2) is 9.78 Å². The lowest BCUT2D eigenvalue weighted by Crippen LogP contribution is -2.71. The number of β-lactam (4-membered cyclic amide) rings is 1. The second-order valence-corrected chi connectivity index (χ2v) is 8.96. The molecule has 3 heterocycles. The van der Waals surface area contributed by atoms with Crippen LogP contribution < -0.4 is 11.1 Å². The fourth-order valence-corrected chi connectivity index (χ4v) is 5.06. The molecule has 1 aromatic heterocycles. The number of aromatic nitrogens is 1. The third kappa shape index (κ3) is 4.14. The molecule has 1 aromatic rings. The van der Waals surface area contributed by atoms with Gasteiger partial charge in [0.15, 0.2) is 10.7 Å². The Morgan fingerprint density at radius 2 is 2.03 bits per heavy atom. The topological polar surface area (TPSA) is 164 Å². The molecule has 3 atom stereocenters. The first-order valence-electron chi connectivity index (χ1n) is 8.60. The number of halogens is 3.